The Bertz CT molecular complexity index is 504. The third-order valence-corrected chi connectivity index (χ3v) is 5.57. The largest absolute Gasteiger partial charge is 0.373 e. The topological polar surface area (TPSA) is 41.5 Å². The van der Waals surface area contributed by atoms with Crippen LogP contribution in [0, 0.1) is 6.92 Å². The van der Waals surface area contributed by atoms with Crippen molar-refractivity contribution in [3.8, 4) is 0 Å². The molecule has 1 aromatic heterocycles. The van der Waals surface area contributed by atoms with Crippen LogP contribution in [-0.2, 0) is 4.74 Å². The molecule has 0 saturated carbocycles. The van der Waals surface area contributed by atoms with Crippen molar-refractivity contribution in [1.82, 2.24) is 14.9 Å². The first-order valence-corrected chi connectivity index (χ1v) is 8.66. The third kappa shape index (κ3) is 2.72. The van der Waals surface area contributed by atoms with E-state index in [-0.39, 0.29) is 5.60 Å². The number of likely N-dealkylation sites (tertiary alicyclic amines) is 1. The van der Waals surface area contributed by atoms with Crippen LogP contribution in [-0.4, -0.2) is 59.3 Å². The molecule has 3 aliphatic rings. The SMILES string of the molecule is Cc1cnc(N2CCC3(CC2)C[C@@H](N2CCCC2)CO3)nc1. The third-order valence-electron chi connectivity index (χ3n) is 5.57. The molecule has 0 N–H and O–H groups in total. The molecular formula is C17H26N4O. The highest BCUT2D eigenvalue weighted by Gasteiger charge is 2.44. The van der Waals surface area contributed by atoms with Gasteiger partial charge in [0.25, 0.3) is 0 Å². The van der Waals surface area contributed by atoms with Crippen LogP contribution in [0.1, 0.15) is 37.7 Å². The van der Waals surface area contributed by atoms with Gasteiger partial charge in [-0.05, 0) is 57.7 Å². The second-order valence-corrected chi connectivity index (χ2v) is 7.14. The molecule has 22 heavy (non-hydrogen) atoms. The summed E-state index contributed by atoms with van der Waals surface area (Å²) in [6.45, 7) is 7.52. The first-order valence-electron chi connectivity index (χ1n) is 8.66. The lowest BCUT2D eigenvalue weighted by Crippen LogP contribution is -2.45. The van der Waals surface area contributed by atoms with Crippen molar-refractivity contribution in [3.63, 3.8) is 0 Å². The molecule has 1 aromatic rings. The van der Waals surface area contributed by atoms with Gasteiger partial charge >= 0.3 is 0 Å². The summed E-state index contributed by atoms with van der Waals surface area (Å²) in [5.41, 5.74) is 1.24. The fraction of sp³-hybridized carbons (Fsp3) is 0.765. The number of hydrogen-bond acceptors (Lipinski definition) is 5. The smallest absolute Gasteiger partial charge is 0.225 e. The lowest BCUT2D eigenvalue weighted by molar-refractivity contribution is -0.0159. The van der Waals surface area contributed by atoms with E-state index in [2.05, 4.69) is 19.8 Å². The van der Waals surface area contributed by atoms with Crippen LogP contribution >= 0.6 is 0 Å². The molecule has 3 fully saturated rings. The molecule has 0 aliphatic carbocycles. The van der Waals surface area contributed by atoms with E-state index in [0.29, 0.717) is 6.04 Å². The number of aryl methyl sites for hydroxylation is 1. The summed E-state index contributed by atoms with van der Waals surface area (Å²) in [6, 6.07) is 0.657. The van der Waals surface area contributed by atoms with Crippen molar-refractivity contribution >= 4 is 5.95 Å². The lowest BCUT2D eigenvalue weighted by atomic mass is 9.87. The van der Waals surface area contributed by atoms with Crippen LogP contribution in [0.2, 0.25) is 0 Å². The number of aromatic nitrogens is 2. The van der Waals surface area contributed by atoms with Gasteiger partial charge in [-0.1, -0.05) is 0 Å². The Labute approximate surface area is 132 Å². The second kappa shape index (κ2) is 5.78. The molecule has 1 spiro atoms. The maximum Gasteiger partial charge on any atom is 0.225 e. The number of ether oxygens (including phenoxy) is 1. The summed E-state index contributed by atoms with van der Waals surface area (Å²) in [6.07, 6.45) is 9.97. The fourth-order valence-corrected chi connectivity index (χ4v) is 4.17. The van der Waals surface area contributed by atoms with Crippen LogP contribution in [0.3, 0.4) is 0 Å². The highest BCUT2D eigenvalue weighted by atomic mass is 16.5. The van der Waals surface area contributed by atoms with Crippen LogP contribution in [0.4, 0.5) is 5.95 Å². The molecule has 3 aliphatic heterocycles. The predicted octanol–water partition coefficient (Wildman–Crippen LogP) is 2.01. The molecule has 3 saturated heterocycles. The van der Waals surface area contributed by atoms with Gasteiger partial charge in [0.05, 0.1) is 12.2 Å². The van der Waals surface area contributed by atoms with Gasteiger partial charge in [-0.15, -0.1) is 0 Å². The highest BCUT2D eigenvalue weighted by molar-refractivity contribution is 5.31. The molecule has 0 unspecified atom stereocenters. The fourth-order valence-electron chi connectivity index (χ4n) is 4.17. The van der Waals surface area contributed by atoms with Crippen LogP contribution in [0.5, 0.6) is 0 Å². The molecule has 0 radical (unpaired) electrons. The van der Waals surface area contributed by atoms with Gasteiger partial charge in [0.1, 0.15) is 0 Å². The Morgan fingerprint density at radius 3 is 2.45 bits per heavy atom. The highest BCUT2D eigenvalue weighted by Crippen LogP contribution is 2.38. The van der Waals surface area contributed by atoms with Crippen molar-refractivity contribution in [2.45, 2.75) is 50.7 Å². The van der Waals surface area contributed by atoms with Gasteiger partial charge in [0.15, 0.2) is 0 Å². The zero-order chi connectivity index (χ0) is 15.0. The molecule has 5 nitrogen and oxygen atoms in total. The molecule has 1 atom stereocenters. The van der Waals surface area contributed by atoms with E-state index in [1.54, 1.807) is 0 Å². The van der Waals surface area contributed by atoms with Gasteiger partial charge in [0, 0.05) is 31.5 Å². The summed E-state index contributed by atoms with van der Waals surface area (Å²) in [5, 5.41) is 0. The van der Waals surface area contributed by atoms with Crippen molar-refractivity contribution in [3.05, 3.63) is 18.0 Å². The minimum absolute atomic E-state index is 0.119. The monoisotopic (exact) mass is 302 g/mol. The first-order chi connectivity index (χ1) is 10.7. The standard InChI is InChI=1S/C17H26N4O/c1-14-11-18-16(19-12-14)21-8-4-17(5-9-21)10-15(13-22-17)20-6-2-3-7-20/h11-12,15H,2-10,13H2,1H3/t15-/m1/s1. The Hall–Kier alpha value is -1.20. The number of piperidine rings is 1. The molecule has 0 bridgehead atoms. The molecule has 0 aromatic carbocycles. The summed E-state index contributed by atoms with van der Waals surface area (Å²) in [5.74, 6) is 0.870. The van der Waals surface area contributed by atoms with Gasteiger partial charge in [-0.2, -0.15) is 0 Å². The van der Waals surface area contributed by atoms with Gasteiger partial charge < -0.3 is 9.64 Å². The van der Waals surface area contributed by atoms with E-state index in [1.165, 1.54) is 32.4 Å². The zero-order valence-corrected chi connectivity index (χ0v) is 13.5. The van der Waals surface area contributed by atoms with E-state index >= 15 is 0 Å². The van der Waals surface area contributed by atoms with Crippen molar-refractivity contribution < 1.29 is 4.74 Å². The van der Waals surface area contributed by atoms with E-state index in [0.717, 1.165) is 44.0 Å². The number of rotatable bonds is 2. The Morgan fingerprint density at radius 2 is 1.77 bits per heavy atom. The summed E-state index contributed by atoms with van der Waals surface area (Å²) >= 11 is 0. The average molecular weight is 302 g/mol. The Morgan fingerprint density at radius 1 is 1.09 bits per heavy atom. The molecule has 5 heteroatoms. The maximum atomic E-state index is 6.30. The Kier molecular flexibility index (Phi) is 3.78. The molecule has 0 amide bonds. The van der Waals surface area contributed by atoms with E-state index < -0.39 is 0 Å². The number of anilines is 1. The van der Waals surface area contributed by atoms with Crippen molar-refractivity contribution in [2.24, 2.45) is 0 Å². The molecular weight excluding hydrogens is 276 g/mol. The second-order valence-electron chi connectivity index (χ2n) is 7.14. The summed E-state index contributed by atoms with van der Waals surface area (Å²) in [4.78, 5) is 13.9. The Balaban J connectivity index is 1.36. The number of nitrogens with zero attached hydrogens (tertiary/aromatic N) is 4. The van der Waals surface area contributed by atoms with E-state index in [9.17, 15) is 0 Å². The molecule has 4 rings (SSSR count). The first kappa shape index (κ1) is 14.4. The average Bonchev–Trinajstić information content (AvgIpc) is 3.19. The van der Waals surface area contributed by atoms with Crippen molar-refractivity contribution in [1.29, 1.82) is 0 Å². The maximum absolute atomic E-state index is 6.30. The van der Waals surface area contributed by atoms with Gasteiger partial charge in [-0.25, -0.2) is 9.97 Å². The predicted molar refractivity (Wildman–Crippen MR) is 86.1 cm³/mol. The van der Waals surface area contributed by atoms with E-state index in [4.69, 9.17) is 4.74 Å². The molecule has 4 heterocycles. The summed E-state index contributed by atoms with van der Waals surface area (Å²) in [7, 11) is 0. The van der Waals surface area contributed by atoms with Crippen LogP contribution < -0.4 is 4.90 Å². The van der Waals surface area contributed by atoms with Crippen molar-refractivity contribution in [2.75, 3.05) is 37.7 Å². The zero-order valence-electron chi connectivity index (χ0n) is 13.5. The minimum atomic E-state index is 0.119. The van der Waals surface area contributed by atoms with E-state index in [1.807, 2.05) is 19.3 Å². The normalized spacial score (nSPS) is 28.6. The van der Waals surface area contributed by atoms with Gasteiger partial charge in [0.2, 0.25) is 5.95 Å². The van der Waals surface area contributed by atoms with Crippen LogP contribution in [0.15, 0.2) is 12.4 Å². The quantitative estimate of drug-likeness (QED) is 0.836. The van der Waals surface area contributed by atoms with Gasteiger partial charge in [-0.3, -0.25) is 4.90 Å². The molecule has 120 valence electrons. The number of hydrogen-bond donors (Lipinski definition) is 0. The van der Waals surface area contributed by atoms with Crippen LogP contribution in [0.25, 0.3) is 0 Å². The lowest BCUT2D eigenvalue weighted by Gasteiger charge is -2.39. The minimum Gasteiger partial charge on any atom is -0.373 e. The summed E-state index contributed by atoms with van der Waals surface area (Å²) < 4.78 is 6.30.